The second-order valence-electron chi connectivity index (χ2n) is 5.32. The molecule has 1 heterocycles. The highest BCUT2D eigenvalue weighted by Gasteiger charge is 2.15. The monoisotopic (exact) mass is 360 g/mol. The third kappa shape index (κ3) is 3.40. The third-order valence-corrected chi connectivity index (χ3v) is 4.02. The second kappa shape index (κ2) is 6.59. The van der Waals surface area contributed by atoms with Crippen molar-refractivity contribution < 1.29 is 9.21 Å². The molecule has 0 atom stereocenters. The minimum Gasteiger partial charge on any atom is -0.451 e. The van der Waals surface area contributed by atoms with Crippen LogP contribution < -0.4 is 11.1 Å². The first kappa shape index (κ1) is 16.4. The largest absolute Gasteiger partial charge is 0.451 e. The third-order valence-electron chi connectivity index (χ3n) is 3.49. The van der Waals surface area contributed by atoms with Crippen LogP contribution in [0.15, 0.2) is 52.9 Å². The van der Waals surface area contributed by atoms with E-state index in [2.05, 4.69) is 5.32 Å². The fraction of sp³-hybridized carbons (Fsp3) is 0.0556. The van der Waals surface area contributed by atoms with Crippen molar-refractivity contribution in [3.05, 3.63) is 69.9 Å². The number of hydrogen-bond donors (Lipinski definition) is 2. The normalized spacial score (nSPS) is 10.6. The van der Waals surface area contributed by atoms with Gasteiger partial charge in [-0.25, -0.2) is 0 Å². The summed E-state index contributed by atoms with van der Waals surface area (Å²) in [4.78, 5) is 12.4. The van der Waals surface area contributed by atoms with E-state index in [9.17, 15) is 4.79 Å². The van der Waals surface area contributed by atoms with Gasteiger partial charge >= 0.3 is 0 Å². The molecule has 3 aromatic rings. The van der Waals surface area contributed by atoms with Gasteiger partial charge in [-0.1, -0.05) is 35.3 Å². The minimum atomic E-state index is -0.391. The van der Waals surface area contributed by atoms with Crippen molar-refractivity contribution in [1.29, 1.82) is 0 Å². The maximum Gasteiger partial charge on any atom is 0.291 e. The van der Waals surface area contributed by atoms with Gasteiger partial charge in [0.2, 0.25) is 0 Å². The van der Waals surface area contributed by atoms with Crippen LogP contribution in [0.2, 0.25) is 10.0 Å². The molecule has 1 amide bonds. The first-order valence-corrected chi connectivity index (χ1v) is 7.92. The number of amides is 1. The van der Waals surface area contributed by atoms with Crippen molar-refractivity contribution in [1.82, 2.24) is 0 Å². The summed E-state index contributed by atoms with van der Waals surface area (Å²) in [6, 6.07) is 13.9. The number of hydrogen-bond acceptors (Lipinski definition) is 3. The molecule has 2 aromatic carbocycles. The fourth-order valence-corrected chi connectivity index (χ4v) is 2.87. The molecule has 0 aliphatic heterocycles. The predicted molar refractivity (Wildman–Crippen MR) is 97.7 cm³/mol. The molecule has 0 spiro atoms. The lowest BCUT2D eigenvalue weighted by Crippen LogP contribution is -2.12. The van der Waals surface area contributed by atoms with E-state index in [1.807, 2.05) is 19.1 Å². The number of carbonyl (C=O) groups is 1. The van der Waals surface area contributed by atoms with E-state index < -0.39 is 5.91 Å². The van der Waals surface area contributed by atoms with Crippen molar-refractivity contribution in [2.45, 2.75) is 6.92 Å². The number of nitrogens with one attached hydrogen (secondary N) is 1. The van der Waals surface area contributed by atoms with E-state index in [-0.39, 0.29) is 5.76 Å². The summed E-state index contributed by atoms with van der Waals surface area (Å²) in [6.07, 6.45) is 0. The molecule has 0 saturated heterocycles. The molecule has 0 unspecified atom stereocenters. The van der Waals surface area contributed by atoms with Crippen LogP contribution >= 0.6 is 23.2 Å². The Morgan fingerprint density at radius 3 is 2.62 bits per heavy atom. The van der Waals surface area contributed by atoms with Gasteiger partial charge in [0.05, 0.1) is 10.7 Å². The highest BCUT2D eigenvalue weighted by atomic mass is 35.5. The van der Waals surface area contributed by atoms with E-state index in [0.29, 0.717) is 27.2 Å². The molecule has 3 rings (SSSR count). The average Bonchev–Trinajstić information content (AvgIpc) is 3.00. The van der Waals surface area contributed by atoms with E-state index in [1.165, 1.54) is 0 Å². The zero-order valence-electron chi connectivity index (χ0n) is 12.8. The van der Waals surface area contributed by atoms with Gasteiger partial charge in [0, 0.05) is 16.3 Å². The molecule has 1 aromatic heterocycles. The number of nitrogens with two attached hydrogens (primary N) is 1. The molecule has 122 valence electrons. The smallest absolute Gasteiger partial charge is 0.291 e. The van der Waals surface area contributed by atoms with E-state index in [4.69, 9.17) is 33.4 Å². The second-order valence-corrected chi connectivity index (χ2v) is 6.17. The summed E-state index contributed by atoms with van der Waals surface area (Å²) in [7, 11) is 0. The predicted octanol–water partition coefficient (Wildman–Crippen LogP) is 5.40. The highest BCUT2D eigenvalue weighted by molar-refractivity contribution is 6.34. The van der Waals surface area contributed by atoms with E-state index >= 15 is 0 Å². The molecule has 24 heavy (non-hydrogen) atoms. The summed E-state index contributed by atoms with van der Waals surface area (Å²) in [5.41, 5.74) is 8.34. The summed E-state index contributed by atoms with van der Waals surface area (Å²) >= 11 is 12.1. The number of anilines is 2. The standard InChI is InChI=1S/C18H14Cl2N2O2/c1-10-7-13(21)9-14(20)17(10)22-18(23)16-6-5-15(24-16)11-3-2-4-12(19)8-11/h2-9H,21H2,1H3,(H,22,23). The van der Waals surface area contributed by atoms with Crippen molar-refractivity contribution in [3.8, 4) is 11.3 Å². The molecule has 0 aliphatic carbocycles. The van der Waals surface area contributed by atoms with Crippen molar-refractivity contribution >= 4 is 40.5 Å². The lowest BCUT2D eigenvalue weighted by atomic mass is 10.1. The number of halogens is 2. The average molecular weight is 361 g/mol. The number of furan rings is 1. The van der Waals surface area contributed by atoms with Crippen LogP contribution in [0.1, 0.15) is 16.1 Å². The van der Waals surface area contributed by atoms with Crippen molar-refractivity contribution in [2.24, 2.45) is 0 Å². The van der Waals surface area contributed by atoms with Crippen LogP contribution in [-0.4, -0.2) is 5.91 Å². The first-order valence-electron chi connectivity index (χ1n) is 7.17. The molecule has 0 bridgehead atoms. The molecule has 3 N–H and O–H groups in total. The lowest BCUT2D eigenvalue weighted by molar-refractivity contribution is 0.0997. The molecule has 0 radical (unpaired) electrons. The van der Waals surface area contributed by atoms with Crippen LogP contribution in [0.4, 0.5) is 11.4 Å². The Kier molecular flexibility index (Phi) is 4.51. The lowest BCUT2D eigenvalue weighted by Gasteiger charge is -2.10. The minimum absolute atomic E-state index is 0.178. The van der Waals surface area contributed by atoms with Gasteiger partial charge in [0.15, 0.2) is 5.76 Å². The molecule has 4 nitrogen and oxygen atoms in total. The Bertz CT molecular complexity index is 896. The number of aryl methyl sites for hydroxylation is 1. The van der Waals surface area contributed by atoms with Crippen LogP contribution in [0, 0.1) is 6.92 Å². The molecule has 0 fully saturated rings. The Balaban J connectivity index is 1.85. The molecular formula is C18H14Cl2N2O2. The summed E-state index contributed by atoms with van der Waals surface area (Å²) in [6.45, 7) is 1.82. The van der Waals surface area contributed by atoms with Gasteiger partial charge < -0.3 is 15.5 Å². The van der Waals surface area contributed by atoms with Crippen molar-refractivity contribution in [3.63, 3.8) is 0 Å². The van der Waals surface area contributed by atoms with Gasteiger partial charge in [-0.2, -0.15) is 0 Å². The number of nitrogen functional groups attached to an aromatic ring is 1. The van der Waals surface area contributed by atoms with Gasteiger partial charge in [0.25, 0.3) is 5.91 Å². The van der Waals surface area contributed by atoms with E-state index in [0.717, 1.165) is 11.1 Å². The van der Waals surface area contributed by atoms with Crippen LogP contribution in [0.5, 0.6) is 0 Å². The highest BCUT2D eigenvalue weighted by Crippen LogP contribution is 2.30. The number of carbonyl (C=O) groups excluding carboxylic acids is 1. The van der Waals surface area contributed by atoms with Gasteiger partial charge in [0.1, 0.15) is 5.76 Å². The topological polar surface area (TPSA) is 68.3 Å². The Hall–Kier alpha value is -2.43. The van der Waals surface area contributed by atoms with E-state index in [1.54, 1.807) is 36.4 Å². The van der Waals surface area contributed by atoms with Crippen LogP contribution in [0.25, 0.3) is 11.3 Å². The Morgan fingerprint density at radius 2 is 1.92 bits per heavy atom. The SMILES string of the molecule is Cc1cc(N)cc(Cl)c1NC(=O)c1ccc(-c2cccc(Cl)c2)o1. The molecular weight excluding hydrogens is 347 g/mol. The fourth-order valence-electron chi connectivity index (χ4n) is 2.36. The molecule has 0 saturated carbocycles. The van der Waals surface area contributed by atoms with Gasteiger partial charge in [-0.3, -0.25) is 4.79 Å². The summed E-state index contributed by atoms with van der Waals surface area (Å²) in [5, 5.41) is 3.73. The molecule has 0 aliphatic rings. The summed E-state index contributed by atoms with van der Waals surface area (Å²) in [5.74, 6) is 0.345. The number of benzene rings is 2. The van der Waals surface area contributed by atoms with Crippen molar-refractivity contribution in [2.75, 3.05) is 11.1 Å². The zero-order chi connectivity index (χ0) is 17.3. The number of rotatable bonds is 3. The maximum absolute atomic E-state index is 12.4. The van der Waals surface area contributed by atoms with Gasteiger partial charge in [-0.05, 0) is 48.9 Å². The maximum atomic E-state index is 12.4. The quantitative estimate of drug-likeness (QED) is 0.614. The first-order chi connectivity index (χ1) is 11.4. The zero-order valence-corrected chi connectivity index (χ0v) is 14.3. The van der Waals surface area contributed by atoms with Crippen LogP contribution in [-0.2, 0) is 0 Å². The Labute approximate surface area is 149 Å². The Morgan fingerprint density at radius 1 is 1.12 bits per heavy atom. The summed E-state index contributed by atoms with van der Waals surface area (Å²) < 4.78 is 5.62. The van der Waals surface area contributed by atoms with Gasteiger partial charge in [-0.15, -0.1) is 0 Å². The molecule has 6 heteroatoms. The van der Waals surface area contributed by atoms with Crippen LogP contribution in [0.3, 0.4) is 0 Å².